The number of rotatable bonds is 1. The predicted molar refractivity (Wildman–Crippen MR) is 65.1 cm³/mol. The Bertz CT molecular complexity index is 664. The van der Waals surface area contributed by atoms with Gasteiger partial charge >= 0.3 is 0 Å². The molecule has 17 heavy (non-hydrogen) atoms. The maximum absolute atomic E-state index is 4.50. The van der Waals surface area contributed by atoms with E-state index in [-0.39, 0.29) is 24.0 Å². The number of aromatic nitrogens is 2. The number of aryl methyl sites for hydroxylation is 1. The summed E-state index contributed by atoms with van der Waals surface area (Å²) in [6.07, 6.45) is 4.05. The Morgan fingerprint density at radius 3 is 2.76 bits per heavy atom. The molecule has 0 radical (unpaired) electrons. The van der Waals surface area contributed by atoms with Crippen molar-refractivity contribution in [2.75, 3.05) is 0 Å². The van der Waals surface area contributed by atoms with Crippen LogP contribution in [0, 0.1) is 0 Å². The molecule has 2 nitrogen and oxygen atoms in total. The van der Waals surface area contributed by atoms with Crippen molar-refractivity contribution in [3.63, 3.8) is 0 Å². The molecule has 0 unspecified atom stereocenters. The lowest BCUT2D eigenvalue weighted by molar-refractivity contribution is -0.666. The highest BCUT2D eigenvalue weighted by Crippen LogP contribution is 2.19. The third-order valence-electron chi connectivity index (χ3n) is 2.95. The van der Waals surface area contributed by atoms with Gasteiger partial charge in [0.25, 0.3) is 0 Å². The van der Waals surface area contributed by atoms with Gasteiger partial charge in [-0.3, -0.25) is 0 Å². The molecule has 0 spiro atoms. The minimum Gasteiger partial charge on any atom is -1.00 e. The summed E-state index contributed by atoms with van der Waals surface area (Å²) >= 11 is 0. The van der Waals surface area contributed by atoms with Crippen LogP contribution in [0.5, 0.6) is 0 Å². The fourth-order valence-electron chi connectivity index (χ4n) is 2.16. The van der Waals surface area contributed by atoms with Gasteiger partial charge in [0.2, 0.25) is 5.52 Å². The van der Waals surface area contributed by atoms with Crippen molar-refractivity contribution in [3.8, 4) is 0 Å². The molecule has 0 aliphatic rings. The van der Waals surface area contributed by atoms with Gasteiger partial charge in [-0.1, -0.05) is 18.2 Å². The second kappa shape index (κ2) is 4.96. The van der Waals surface area contributed by atoms with Gasteiger partial charge in [-0.05, 0) is 19.1 Å². The van der Waals surface area contributed by atoms with Crippen LogP contribution in [-0.2, 0) is 6.54 Å². The Labute approximate surface area is 117 Å². The van der Waals surface area contributed by atoms with E-state index < -0.39 is 0 Å². The van der Waals surface area contributed by atoms with Gasteiger partial charge < -0.3 is 24.0 Å². The molecular formula is C14H13IN2. The van der Waals surface area contributed by atoms with Crippen LogP contribution in [0.4, 0.5) is 0 Å². The van der Waals surface area contributed by atoms with E-state index in [1.165, 1.54) is 16.3 Å². The first-order valence-electron chi connectivity index (χ1n) is 5.56. The van der Waals surface area contributed by atoms with E-state index in [2.05, 4.69) is 53.0 Å². The molecule has 3 rings (SSSR count). The van der Waals surface area contributed by atoms with Crippen molar-refractivity contribution in [2.24, 2.45) is 0 Å². The zero-order chi connectivity index (χ0) is 11.0. The maximum atomic E-state index is 4.50. The highest BCUT2D eigenvalue weighted by molar-refractivity contribution is 6.01. The van der Waals surface area contributed by atoms with Gasteiger partial charge in [-0.15, -0.1) is 0 Å². The number of pyridine rings is 2. The molecule has 0 atom stereocenters. The van der Waals surface area contributed by atoms with Crippen molar-refractivity contribution in [2.45, 2.75) is 13.5 Å². The fraction of sp³-hybridized carbons (Fsp3) is 0.143. The van der Waals surface area contributed by atoms with E-state index in [0.29, 0.717) is 0 Å². The summed E-state index contributed by atoms with van der Waals surface area (Å²) in [5, 5.41) is 2.47. The van der Waals surface area contributed by atoms with Crippen molar-refractivity contribution in [3.05, 3.63) is 48.8 Å². The SMILES string of the molecule is CC[n+]1cc2ccccc2c2ncccc21.[I-]. The highest BCUT2D eigenvalue weighted by atomic mass is 127. The summed E-state index contributed by atoms with van der Waals surface area (Å²) in [5.74, 6) is 0. The molecule has 0 saturated heterocycles. The van der Waals surface area contributed by atoms with Crippen LogP contribution in [-0.4, -0.2) is 4.98 Å². The zero-order valence-corrected chi connectivity index (χ0v) is 11.8. The lowest BCUT2D eigenvalue weighted by atomic mass is 10.1. The van der Waals surface area contributed by atoms with Crippen LogP contribution in [0.15, 0.2) is 48.8 Å². The molecule has 0 saturated carbocycles. The van der Waals surface area contributed by atoms with Crippen LogP contribution in [0.2, 0.25) is 0 Å². The normalized spacial score (nSPS) is 10.4. The Balaban J connectivity index is 0.00000108. The average molecular weight is 336 g/mol. The van der Waals surface area contributed by atoms with Crippen molar-refractivity contribution < 1.29 is 28.5 Å². The summed E-state index contributed by atoms with van der Waals surface area (Å²) in [6, 6.07) is 12.5. The standard InChI is InChI=1S/C14H13N2.HI/c1-2-16-10-11-6-3-4-7-12(11)14-13(16)8-5-9-15-14;/h3-10H,2H2,1H3;1H/q+1;/p-1. The number of benzene rings is 1. The zero-order valence-electron chi connectivity index (χ0n) is 9.60. The summed E-state index contributed by atoms with van der Waals surface area (Å²) in [7, 11) is 0. The van der Waals surface area contributed by atoms with Gasteiger partial charge in [0, 0.05) is 23.0 Å². The van der Waals surface area contributed by atoms with Crippen LogP contribution >= 0.6 is 0 Å². The monoisotopic (exact) mass is 336 g/mol. The minimum absolute atomic E-state index is 0. The second-order valence-electron chi connectivity index (χ2n) is 3.87. The van der Waals surface area contributed by atoms with Gasteiger partial charge in [-0.25, -0.2) is 4.98 Å². The topological polar surface area (TPSA) is 16.8 Å². The molecule has 86 valence electrons. The summed E-state index contributed by atoms with van der Waals surface area (Å²) < 4.78 is 2.24. The fourth-order valence-corrected chi connectivity index (χ4v) is 2.16. The van der Waals surface area contributed by atoms with E-state index in [4.69, 9.17) is 0 Å². The van der Waals surface area contributed by atoms with E-state index in [9.17, 15) is 0 Å². The lowest BCUT2D eigenvalue weighted by Crippen LogP contribution is -3.00. The average Bonchev–Trinajstić information content (AvgIpc) is 2.38. The van der Waals surface area contributed by atoms with Crippen molar-refractivity contribution in [1.29, 1.82) is 0 Å². The van der Waals surface area contributed by atoms with Gasteiger partial charge in [0.1, 0.15) is 12.1 Å². The Hall–Kier alpha value is -1.23. The van der Waals surface area contributed by atoms with E-state index in [1.807, 2.05) is 12.3 Å². The summed E-state index contributed by atoms with van der Waals surface area (Å²) in [6.45, 7) is 3.12. The molecular weight excluding hydrogens is 323 g/mol. The third kappa shape index (κ3) is 1.99. The van der Waals surface area contributed by atoms with Crippen LogP contribution < -0.4 is 28.5 Å². The second-order valence-corrected chi connectivity index (χ2v) is 3.87. The molecule has 2 aromatic heterocycles. The van der Waals surface area contributed by atoms with Crippen LogP contribution in [0.25, 0.3) is 21.8 Å². The molecule has 0 aliphatic carbocycles. The van der Waals surface area contributed by atoms with Crippen molar-refractivity contribution >= 4 is 21.8 Å². The summed E-state index contributed by atoms with van der Waals surface area (Å²) in [5.41, 5.74) is 2.28. The lowest BCUT2D eigenvalue weighted by Gasteiger charge is -2.02. The molecule has 0 fully saturated rings. The Morgan fingerprint density at radius 1 is 1.12 bits per heavy atom. The Morgan fingerprint density at radius 2 is 1.94 bits per heavy atom. The quantitative estimate of drug-likeness (QED) is 0.339. The number of halogens is 1. The van der Waals surface area contributed by atoms with Gasteiger partial charge in [0.05, 0.1) is 0 Å². The predicted octanol–water partition coefficient (Wildman–Crippen LogP) is -0.301. The molecule has 0 N–H and O–H groups in total. The molecule has 0 aliphatic heterocycles. The number of hydrogen-bond donors (Lipinski definition) is 0. The number of hydrogen-bond acceptors (Lipinski definition) is 1. The third-order valence-corrected chi connectivity index (χ3v) is 2.95. The molecule has 2 heterocycles. The minimum atomic E-state index is 0. The highest BCUT2D eigenvalue weighted by Gasteiger charge is 2.11. The van der Waals surface area contributed by atoms with Crippen LogP contribution in [0.1, 0.15) is 6.92 Å². The maximum Gasteiger partial charge on any atom is 0.231 e. The molecule has 0 amide bonds. The van der Waals surface area contributed by atoms with E-state index in [0.717, 1.165) is 12.1 Å². The number of nitrogens with zero attached hydrogens (tertiary/aromatic N) is 2. The molecule has 0 bridgehead atoms. The first kappa shape index (κ1) is 12.2. The molecule has 1 aromatic carbocycles. The molecule has 3 aromatic rings. The Kier molecular flexibility index (Phi) is 3.57. The van der Waals surface area contributed by atoms with Gasteiger partial charge in [-0.2, -0.15) is 4.57 Å². The largest absolute Gasteiger partial charge is 1.00 e. The summed E-state index contributed by atoms with van der Waals surface area (Å²) in [4.78, 5) is 4.50. The van der Waals surface area contributed by atoms with Gasteiger partial charge in [0.15, 0.2) is 6.20 Å². The smallest absolute Gasteiger partial charge is 0.231 e. The van der Waals surface area contributed by atoms with E-state index in [1.54, 1.807) is 0 Å². The van der Waals surface area contributed by atoms with Crippen LogP contribution in [0.3, 0.4) is 0 Å². The van der Waals surface area contributed by atoms with Crippen molar-refractivity contribution in [1.82, 2.24) is 4.98 Å². The molecule has 3 heteroatoms. The first-order valence-corrected chi connectivity index (χ1v) is 5.56. The number of fused-ring (bicyclic) bond motifs is 3. The first-order chi connectivity index (χ1) is 7.90. The van der Waals surface area contributed by atoms with E-state index >= 15 is 0 Å².